The normalized spacial score (nSPS) is 19.1. The lowest BCUT2D eigenvalue weighted by molar-refractivity contribution is 0.0452. The van der Waals surface area contributed by atoms with E-state index in [1.54, 1.807) is 0 Å². The minimum atomic E-state index is -0.744. The molecular formula is C52H72N8O8. The van der Waals surface area contributed by atoms with E-state index in [1.165, 1.54) is 0 Å². The molecule has 16 heteroatoms. The summed E-state index contributed by atoms with van der Waals surface area (Å²) < 4.78 is 23.0. The van der Waals surface area contributed by atoms with Gasteiger partial charge in [0.1, 0.15) is 28.2 Å². The van der Waals surface area contributed by atoms with Gasteiger partial charge in [0.25, 0.3) is 0 Å². The van der Waals surface area contributed by atoms with Gasteiger partial charge in [0.05, 0.1) is 35.4 Å². The molecule has 0 aliphatic carbocycles. The Morgan fingerprint density at radius 2 is 0.912 bits per heavy atom. The Bertz CT molecular complexity index is 2350. The van der Waals surface area contributed by atoms with Crippen molar-refractivity contribution in [1.29, 1.82) is 0 Å². The van der Waals surface area contributed by atoms with Gasteiger partial charge >= 0.3 is 24.4 Å². The van der Waals surface area contributed by atoms with Gasteiger partial charge in [0, 0.05) is 48.5 Å². The summed E-state index contributed by atoms with van der Waals surface area (Å²) in [5.41, 5.74) is 2.81. The molecule has 2 aliphatic rings. The van der Waals surface area contributed by atoms with Crippen molar-refractivity contribution >= 4 is 58.2 Å². The molecule has 368 valence electrons. The number of carbonyl (C=O) groups excluding carboxylic acids is 4. The topological polar surface area (TPSA) is 185 Å². The summed E-state index contributed by atoms with van der Waals surface area (Å²) in [6.45, 7) is 25.1. The highest BCUT2D eigenvalue weighted by Crippen LogP contribution is 2.46. The van der Waals surface area contributed by atoms with Crippen LogP contribution in [0.1, 0.15) is 101 Å². The number of amides is 4. The molecule has 2 aliphatic heterocycles. The second-order valence-corrected chi connectivity index (χ2v) is 21.8. The molecule has 4 aromatic rings. The van der Waals surface area contributed by atoms with Crippen molar-refractivity contribution in [2.45, 2.75) is 149 Å². The average molecular weight is 937 g/mol. The van der Waals surface area contributed by atoms with E-state index in [1.807, 2.05) is 157 Å². The standard InChI is InChI=1S/C52H72N8O8/c1-32-40(53-34-22-18-15-19-23-34)25-24-39-42(32)58-44(60-30-37(56-47(63)67-51(8,9)10)27-38(31-60)57-48(64)68-52(11,12)13)41(33-20-16-14-17-21-33)43(39)59-28-35(54-45(61)65-49(2,3)4)26-36(29-59)55-46(62)66-50(5,6)7/h14-25,35-38,53H,26-31H2,1-13H3,(H,54,61)(H,55,62)(H,56,63)(H,57,64). The van der Waals surface area contributed by atoms with Gasteiger partial charge < -0.3 is 55.3 Å². The van der Waals surface area contributed by atoms with Crippen LogP contribution >= 0.6 is 0 Å². The van der Waals surface area contributed by atoms with Crippen molar-refractivity contribution in [3.63, 3.8) is 0 Å². The van der Waals surface area contributed by atoms with Crippen molar-refractivity contribution in [2.75, 3.05) is 41.3 Å². The van der Waals surface area contributed by atoms with Gasteiger partial charge in [-0.05, 0) is 138 Å². The molecular weight excluding hydrogens is 865 g/mol. The molecule has 5 N–H and O–H groups in total. The number of pyridine rings is 1. The summed E-state index contributed by atoms with van der Waals surface area (Å²) >= 11 is 0. The fraction of sp³-hybridized carbons (Fsp3) is 0.519. The fourth-order valence-electron chi connectivity index (χ4n) is 8.55. The molecule has 2 saturated heterocycles. The average Bonchev–Trinajstić information content (AvgIpc) is 3.19. The maximum absolute atomic E-state index is 13.5. The summed E-state index contributed by atoms with van der Waals surface area (Å²) in [6, 6.07) is 22.0. The van der Waals surface area contributed by atoms with E-state index in [2.05, 4.69) is 42.5 Å². The number of ether oxygens (including phenoxy) is 4. The third kappa shape index (κ3) is 14.5. The number of piperidine rings is 2. The van der Waals surface area contributed by atoms with Crippen LogP contribution in [-0.2, 0) is 18.9 Å². The molecule has 3 aromatic carbocycles. The first-order chi connectivity index (χ1) is 31.7. The Morgan fingerprint density at radius 1 is 0.529 bits per heavy atom. The molecule has 0 saturated carbocycles. The van der Waals surface area contributed by atoms with Crippen molar-refractivity contribution < 1.29 is 38.1 Å². The lowest BCUT2D eigenvalue weighted by Crippen LogP contribution is -2.58. The first-order valence-corrected chi connectivity index (χ1v) is 23.5. The molecule has 0 bridgehead atoms. The second kappa shape index (κ2) is 20.4. The van der Waals surface area contributed by atoms with Crippen molar-refractivity contribution in [2.24, 2.45) is 0 Å². The molecule has 3 heterocycles. The van der Waals surface area contributed by atoms with Gasteiger partial charge in [-0.15, -0.1) is 0 Å². The second-order valence-electron chi connectivity index (χ2n) is 21.8. The molecule has 68 heavy (non-hydrogen) atoms. The third-order valence-electron chi connectivity index (χ3n) is 10.9. The Labute approximate surface area is 401 Å². The molecule has 0 radical (unpaired) electrons. The lowest BCUT2D eigenvalue weighted by Gasteiger charge is -2.43. The Kier molecular flexibility index (Phi) is 15.3. The van der Waals surface area contributed by atoms with E-state index >= 15 is 0 Å². The number of alkyl carbamates (subject to hydrolysis) is 4. The summed E-state index contributed by atoms with van der Waals surface area (Å²) in [6.07, 6.45) is -1.51. The number of rotatable bonds is 9. The van der Waals surface area contributed by atoms with Gasteiger partial charge in [-0.2, -0.15) is 0 Å². The zero-order valence-corrected chi connectivity index (χ0v) is 42.1. The number of benzene rings is 3. The van der Waals surface area contributed by atoms with E-state index < -0.39 is 70.9 Å². The Hall–Kier alpha value is -6.45. The highest BCUT2D eigenvalue weighted by atomic mass is 16.6. The Morgan fingerprint density at radius 3 is 1.31 bits per heavy atom. The molecule has 4 unspecified atom stereocenters. The number of aromatic nitrogens is 1. The van der Waals surface area contributed by atoms with Crippen LogP contribution in [0.4, 0.5) is 42.1 Å². The number of hydrogen-bond donors (Lipinski definition) is 5. The molecule has 2 fully saturated rings. The monoisotopic (exact) mass is 937 g/mol. The number of anilines is 4. The Balaban J connectivity index is 1.57. The van der Waals surface area contributed by atoms with E-state index in [9.17, 15) is 19.2 Å². The molecule has 16 nitrogen and oxygen atoms in total. The van der Waals surface area contributed by atoms with E-state index in [0.717, 1.165) is 39.1 Å². The smallest absolute Gasteiger partial charge is 0.407 e. The number of para-hydroxylation sites is 1. The van der Waals surface area contributed by atoms with Crippen LogP contribution in [0.15, 0.2) is 72.8 Å². The zero-order valence-electron chi connectivity index (χ0n) is 42.1. The predicted octanol–water partition coefficient (Wildman–Crippen LogP) is 9.95. The van der Waals surface area contributed by atoms with Gasteiger partial charge in [-0.3, -0.25) is 0 Å². The molecule has 4 atom stereocenters. The maximum atomic E-state index is 13.5. The van der Waals surface area contributed by atoms with Crippen LogP contribution in [0.25, 0.3) is 22.0 Å². The summed E-state index contributed by atoms with van der Waals surface area (Å²) in [7, 11) is 0. The number of fused-ring (bicyclic) bond motifs is 1. The fourth-order valence-corrected chi connectivity index (χ4v) is 8.55. The van der Waals surface area contributed by atoms with Crippen molar-refractivity contribution in [3.05, 3.63) is 78.4 Å². The number of nitrogens with one attached hydrogen (secondary N) is 5. The van der Waals surface area contributed by atoms with Gasteiger partial charge in [-0.25, -0.2) is 24.2 Å². The van der Waals surface area contributed by atoms with Crippen LogP contribution in [0.3, 0.4) is 0 Å². The largest absolute Gasteiger partial charge is 0.444 e. The van der Waals surface area contributed by atoms with E-state index in [0.29, 0.717) is 50.4 Å². The van der Waals surface area contributed by atoms with Crippen LogP contribution < -0.4 is 36.4 Å². The van der Waals surface area contributed by atoms with E-state index in [-0.39, 0.29) is 0 Å². The van der Waals surface area contributed by atoms with Crippen LogP contribution in [0.2, 0.25) is 0 Å². The van der Waals surface area contributed by atoms with Gasteiger partial charge in [0.2, 0.25) is 0 Å². The number of nitrogens with zero attached hydrogens (tertiary/aromatic N) is 3. The summed E-state index contributed by atoms with van der Waals surface area (Å²) in [5.74, 6) is 0.601. The number of aryl methyl sites for hydroxylation is 1. The highest BCUT2D eigenvalue weighted by molar-refractivity contribution is 6.07. The predicted molar refractivity (Wildman–Crippen MR) is 268 cm³/mol. The lowest BCUT2D eigenvalue weighted by atomic mass is 9.93. The van der Waals surface area contributed by atoms with E-state index in [4.69, 9.17) is 23.9 Å². The minimum Gasteiger partial charge on any atom is -0.444 e. The van der Waals surface area contributed by atoms with Crippen LogP contribution in [0, 0.1) is 6.92 Å². The molecule has 1 aromatic heterocycles. The number of hydrogen-bond acceptors (Lipinski definition) is 12. The molecule has 0 spiro atoms. The quantitative estimate of drug-likeness (QED) is 0.100. The molecule has 6 rings (SSSR count). The first kappa shape index (κ1) is 51.0. The van der Waals surface area contributed by atoms with Crippen LogP contribution in [-0.4, -0.2) is 102 Å². The first-order valence-electron chi connectivity index (χ1n) is 23.5. The van der Waals surface area contributed by atoms with Crippen molar-refractivity contribution in [3.8, 4) is 11.1 Å². The van der Waals surface area contributed by atoms with Gasteiger partial charge in [0.15, 0.2) is 0 Å². The number of carbonyl (C=O) groups is 4. The summed E-state index contributed by atoms with van der Waals surface area (Å²) in [5, 5.41) is 16.8. The van der Waals surface area contributed by atoms with Crippen molar-refractivity contribution in [1.82, 2.24) is 26.3 Å². The SMILES string of the molecule is Cc1c(Nc2ccccc2)ccc2c(N3CC(NC(=O)OC(C)(C)C)CC(NC(=O)OC(C)(C)C)C3)c(-c3ccccc3)c(N3CC(NC(=O)OC(C)(C)C)CC(NC(=O)OC(C)(C)C)C3)nc12. The third-order valence-corrected chi connectivity index (χ3v) is 10.9. The van der Waals surface area contributed by atoms with Gasteiger partial charge in [-0.1, -0.05) is 48.5 Å². The zero-order chi connectivity index (χ0) is 49.8. The molecule has 4 amide bonds. The van der Waals surface area contributed by atoms with Crippen LogP contribution in [0.5, 0.6) is 0 Å². The highest BCUT2D eigenvalue weighted by Gasteiger charge is 2.38. The minimum absolute atomic E-state index is 0.316. The maximum Gasteiger partial charge on any atom is 0.407 e. The summed E-state index contributed by atoms with van der Waals surface area (Å²) in [4.78, 5) is 63.7.